The molecule has 1 aliphatic heterocycles. The van der Waals surface area contributed by atoms with E-state index in [-0.39, 0.29) is 27.1 Å². The van der Waals surface area contributed by atoms with Crippen LogP contribution in [0.2, 0.25) is 10.0 Å². The van der Waals surface area contributed by atoms with E-state index in [4.69, 9.17) is 33.1 Å². The minimum atomic E-state index is -1.30. The van der Waals surface area contributed by atoms with Gasteiger partial charge in [0, 0.05) is 36.0 Å². The van der Waals surface area contributed by atoms with Crippen LogP contribution in [0.1, 0.15) is 65.0 Å². The SMILES string of the molecule is CC.CC(=O)O.CC(C)(C)CC1NCC(c2cccc(Cl)c2F)[C@@]1(C#N)c1ccc(Cl)cc1F. The van der Waals surface area contributed by atoms with Gasteiger partial charge < -0.3 is 10.4 Å². The number of benzene rings is 2. The van der Waals surface area contributed by atoms with Crippen molar-refractivity contribution in [1.82, 2.24) is 5.32 Å². The Morgan fingerprint density at radius 3 is 2.32 bits per heavy atom. The number of nitrogens with zero attached hydrogens (tertiary/aromatic N) is 1. The highest BCUT2D eigenvalue weighted by atomic mass is 35.5. The third-order valence-electron chi connectivity index (χ3n) is 5.40. The summed E-state index contributed by atoms with van der Waals surface area (Å²) in [6, 6.07) is 11.0. The molecule has 3 atom stereocenters. The summed E-state index contributed by atoms with van der Waals surface area (Å²) in [5.41, 5.74) is -0.881. The van der Waals surface area contributed by atoms with Gasteiger partial charge in [-0.05, 0) is 35.6 Å². The van der Waals surface area contributed by atoms with Gasteiger partial charge in [-0.25, -0.2) is 8.78 Å². The van der Waals surface area contributed by atoms with Crippen LogP contribution in [0.25, 0.3) is 0 Å². The molecule has 2 unspecified atom stereocenters. The smallest absolute Gasteiger partial charge is 0.300 e. The van der Waals surface area contributed by atoms with Gasteiger partial charge in [-0.1, -0.05) is 76.0 Å². The van der Waals surface area contributed by atoms with E-state index in [9.17, 15) is 9.65 Å². The highest BCUT2D eigenvalue weighted by molar-refractivity contribution is 6.31. The van der Waals surface area contributed by atoms with Gasteiger partial charge in [0.1, 0.15) is 17.0 Å². The topological polar surface area (TPSA) is 73.1 Å². The lowest BCUT2D eigenvalue weighted by atomic mass is 9.64. The molecule has 0 aromatic heterocycles. The summed E-state index contributed by atoms with van der Waals surface area (Å²) >= 11 is 11.9. The van der Waals surface area contributed by atoms with E-state index >= 15 is 4.39 Å². The third kappa shape index (κ3) is 6.91. The number of rotatable bonds is 3. The predicted octanol–water partition coefficient (Wildman–Crippen LogP) is 7.34. The quantitative estimate of drug-likeness (QED) is 0.450. The average molecular weight is 513 g/mol. The maximum absolute atomic E-state index is 15.0. The zero-order chi connectivity index (χ0) is 26.3. The molecule has 1 heterocycles. The molecule has 0 saturated carbocycles. The fourth-order valence-corrected chi connectivity index (χ4v) is 4.57. The Labute approximate surface area is 210 Å². The molecule has 8 heteroatoms. The highest BCUT2D eigenvalue weighted by Gasteiger charge is 2.55. The van der Waals surface area contributed by atoms with E-state index in [0.717, 1.165) is 6.92 Å². The monoisotopic (exact) mass is 512 g/mol. The Morgan fingerprint density at radius 2 is 1.82 bits per heavy atom. The van der Waals surface area contributed by atoms with Gasteiger partial charge in [-0.15, -0.1) is 0 Å². The molecule has 2 aromatic rings. The molecular weight excluding hydrogens is 481 g/mol. The number of carbonyl (C=O) groups is 1. The van der Waals surface area contributed by atoms with Crippen LogP contribution >= 0.6 is 23.2 Å². The number of halogens is 4. The molecule has 34 heavy (non-hydrogen) atoms. The number of carboxylic acid groups (broad SMARTS) is 1. The molecule has 4 nitrogen and oxygen atoms in total. The Balaban J connectivity index is 0.000000872. The lowest BCUT2D eigenvalue weighted by Crippen LogP contribution is -2.44. The van der Waals surface area contributed by atoms with Crippen molar-refractivity contribution in [2.45, 2.75) is 65.3 Å². The van der Waals surface area contributed by atoms with Crippen molar-refractivity contribution in [3.63, 3.8) is 0 Å². The summed E-state index contributed by atoms with van der Waals surface area (Å²) in [6.45, 7) is 11.6. The summed E-state index contributed by atoms with van der Waals surface area (Å²) in [4.78, 5) is 9.00. The van der Waals surface area contributed by atoms with E-state index < -0.39 is 28.9 Å². The molecule has 186 valence electrons. The van der Waals surface area contributed by atoms with Crippen molar-refractivity contribution in [3.8, 4) is 6.07 Å². The van der Waals surface area contributed by atoms with Gasteiger partial charge in [-0.2, -0.15) is 5.26 Å². The van der Waals surface area contributed by atoms with E-state index in [1.165, 1.54) is 12.1 Å². The molecule has 3 rings (SSSR count). The maximum atomic E-state index is 15.0. The summed E-state index contributed by atoms with van der Waals surface area (Å²) in [5, 5.41) is 21.4. The Kier molecular flexibility index (Phi) is 11.0. The normalized spacial score (nSPS) is 21.4. The number of nitrogens with one attached hydrogen (secondary N) is 1. The molecule has 1 aliphatic rings. The van der Waals surface area contributed by atoms with Crippen LogP contribution in [0.4, 0.5) is 8.78 Å². The average Bonchev–Trinajstić information content (AvgIpc) is 3.08. The summed E-state index contributed by atoms with van der Waals surface area (Å²) in [6.07, 6.45) is 0.612. The Bertz CT molecular complexity index is 1030. The highest BCUT2D eigenvalue weighted by Crippen LogP contribution is 2.50. The fourth-order valence-electron chi connectivity index (χ4n) is 4.23. The van der Waals surface area contributed by atoms with Crippen molar-refractivity contribution < 1.29 is 18.7 Å². The zero-order valence-electron chi connectivity index (χ0n) is 20.3. The minimum absolute atomic E-state index is 0.0137. The molecular formula is C26H32Cl2F2N2O2. The summed E-state index contributed by atoms with van der Waals surface area (Å²) in [5.74, 6) is -2.57. The number of nitriles is 1. The van der Waals surface area contributed by atoms with E-state index in [2.05, 4.69) is 32.2 Å². The first-order valence-electron chi connectivity index (χ1n) is 11.1. The molecule has 2 N–H and O–H groups in total. The summed E-state index contributed by atoms with van der Waals surface area (Å²) < 4.78 is 29.9. The molecule has 2 aromatic carbocycles. The van der Waals surface area contributed by atoms with Gasteiger partial charge in [0.2, 0.25) is 0 Å². The van der Waals surface area contributed by atoms with Crippen LogP contribution in [0.3, 0.4) is 0 Å². The number of hydrogen-bond acceptors (Lipinski definition) is 3. The van der Waals surface area contributed by atoms with E-state index in [0.29, 0.717) is 18.5 Å². The molecule has 0 spiro atoms. The van der Waals surface area contributed by atoms with Crippen molar-refractivity contribution in [1.29, 1.82) is 5.26 Å². The van der Waals surface area contributed by atoms with Gasteiger partial charge in [0.25, 0.3) is 5.97 Å². The molecule has 0 bridgehead atoms. The molecule has 1 saturated heterocycles. The van der Waals surface area contributed by atoms with Gasteiger partial charge >= 0.3 is 0 Å². The largest absolute Gasteiger partial charge is 0.481 e. The predicted molar refractivity (Wildman–Crippen MR) is 133 cm³/mol. The third-order valence-corrected chi connectivity index (χ3v) is 5.93. The van der Waals surface area contributed by atoms with E-state index in [1.54, 1.807) is 24.3 Å². The van der Waals surface area contributed by atoms with E-state index in [1.807, 2.05) is 13.8 Å². The van der Waals surface area contributed by atoms with Crippen LogP contribution < -0.4 is 5.32 Å². The second-order valence-corrected chi connectivity index (χ2v) is 9.89. The Morgan fingerprint density at radius 1 is 1.24 bits per heavy atom. The number of carboxylic acids is 1. The standard InChI is InChI=1S/C22H22Cl2F2N2.C2H4O2.C2H6/c1-21(2,3)10-19-22(12-27,15-8-7-13(23)9-18(15)25)16(11-28-19)14-5-4-6-17(24)20(14)26;1-2(3)4;1-2/h4-9,16,19,28H,10-11H2,1-3H3;1H3,(H,3,4);1-2H3/t16?,19?,22-;;/m1../s1. The molecule has 1 fully saturated rings. The molecule has 0 aliphatic carbocycles. The second-order valence-electron chi connectivity index (χ2n) is 9.05. The van der Waals surface area contributed by atoms with Crippen LogP contribution in [0, 0.1) is 28.4 Å². The maximum Gasteiger partial charge on any atom is 0.300 e. The lowest BCUT2D eigenvalue weighted by molar-refractivity contribution is -0.134. The van der Waals surface area contributed by atoms with Crippen LogP contribution in [0.5, 0.6) is 0 Å². The van der Waals surface area contributed by atoms with Crippen LogP contribution in [-0.4, -0.2) is 23.7 Å². The van der Waals surface area contributed by atoms with Crippen LogP contribution in [-0.2, 0) is 10.2 Å². The summed E-state index contributed by atoms with van der Waals surface area (Å²) in [7, 11) is 0. The van der Waals surface area contributed by atoms with Crippen LogP contribution in [0.15, 0.2) is 36.4 Å². The minimum Gasteiger partial charge on any atom is -0.481 e. The first-order valence-corrected chi connectivity index (χ1v) is 11.8. The van der Waals surface area contributed by atoms with Crippen molar-refractivity contribution >= 4 is 29.2 Å². The number of aliphatic carboxylic acids is 1. The van der Waals surface area contributed by atoms with Crippen molar-refractivity contribution in [2.75, 3.05) is 6.54 Å². The van der Waals surface area contributed by atoms with Gasteiger partial charge in [0.05, 0.1) is 11.1 Å². The van der Waals surface area contributed by atoms with Crippen molar-refractivity contribution in [3.05, 3.63) is 69.2 Å². The Hall–Kier alpha value is -2.20. The fraction of sp³-hybridized carbons (Fsp3) is 0.462. The van der Waals surface area contributed by atoms with Gasteiger partial charge in [-0.3, -0.25) is 4.79 Å². The molecule has 0 amide bonds. The molecule has 0 radical (unpaired) electrons. The first kappa shape index (κ1) is 29.8. The van der Waals surface area contributed by atoms with Crippen molar-refractivity contribution in [2.24, 2.45) is 5.41 Å². The zero-order valence-corrected chi connectivity index (χ0v) is 21.9. The van der Waals surface area contributed by atoms with Gasteiger partial charge in [0.15, 0.2) is 0 Å². The number of hydrogen-bond donors (Lipinski definition) is 2. The second kappa shape index (κ2) is 12.5. The first-order chi connectivity index (χ1) is 15.8. The lowest BCUT2D eigenvalue weighted by Gasteiger charge is -2.37.